The van der Waals surface area contributed by atoms with E-state index < -0.39 is 11.9 Å². The lowest BCUT2D eigenvalue weighted by atomic mass is 10.1. The van der Waals surface area contributed by atoms with E-state index in [0.717, 1.165) is 0 Å². The standard InChI is InChI=1S/C23H21ClN2O7/c1-4-31-19-11-14(9-17(24)21(19)32-12-20(28)30-3)10-18-23(29)33-22(26-18)15-5-7-16(8-6-15)25-13(2)27/h5-11H,4,12H2,1-3H3,(H,25,27)/b18-10-. The zero-order valence-electron chi connectivity index (χ0n) is 18.1. The van der Waals surface area contributed by atoms with Crippen LogP contribution in [0.2, 0.25) is 5.02 Å². The zero-order valence-corrected chi connectivity index (χ0v) is 18.9. The van der Waals surface area contributed by atoms with E-state index in [-0.39, 0.29) is 34.9 Å². The Bertz CT molecular complexity index is 1140. The highest BCUT2D eigenvalue weighted by Gasteiger charge is 2.25. The monoisotopic (exact) mass is 472 g/mol. The van der Waals surface area contributed by atoms with Crippen molar-refractivity contribution in [2.75, 3.05) is 25.6 Å². The average molecular weight is 473 g/mol. The van der Waals surface area contributed by atoms with Crippen LogP contribution in [0.1, 0.15) is 25.0 Å². The van der Waals surface area contributed by atoms with E-state index in [1.54, 1.807) is 43.3 Å². The second-order valence-corrected chi connectivity index (χ2v) is 7.13. The molecule has 0 bridgehead atoms. The number of anilines is 1. The first-order valence-corrected chi connectivity index (χ1v) is 10.2. The van der Waals surface area contributed by atoms with Crippen LogP contribution in [-0.2, 0) is 23.9 Å². The molecule has 2 aromatic carbocycles. The Morgan fingerprint density at radius 2 is 1.91 bits per heavy atom. The van der Waals surface area contributed by atoms with Crippen molar-refractivity contribution < 1.29 is 33.3 Å². The van der Waals surface area contributed by atoms with Gasteiger partial charge in [-0.1, -0.05) is 11.6 Å². The van der Waals surface area contributed by atoms with Crippen LogP contribution in [0.3, 0.4) is 0 Å². The van der Waals surface area contributed by atoms with Crippen molar-refractivity contribution in [3.63, 3.8) is 0 Å². The fourth-order valence-corrected chi connectivity index (χ4v) is 3.13. The zero-order chi connectivity index (χ0) is 24.0. The number of ether oxygens (including phenoxy) is 4. The van der Waals surface area contributed by atoms with Crippen LogP contribution in [-0.4, -0.2) is 44.1 Å². The predicted molar refractivity (Wildman–Crippen MR) is 121 cm³/mol. The molecule has 1 aliphatic rings. The lowest BCUT2D eigenvalue weighted by Crippen LogP contribution is -2.13. The van der Waals surface area contributed by atoms with Crippen molar-refractivity contribution in [3.05, 3.63) is 58.2 Å². The lowest BCUT2D eigenvalue weighted by Gasteiger charge is -2.13. The van der Waals surface area contributed by atoms with Gasteiger partial charge in [0.2, 0.25) is 11.8 Å². The minimum atomic E-state index is -0.629. The summed E-state index contributed by atoms with van der Waals surface area (Å²) < 4.78 is 20.8. The van der Waals surface area contributed by atoms with Gasteiger partial charge in [-0.2, -0.15) is 0 Å². The molecule has 1 aliphatic heterocycles. The van der Waals surface area contributed by atoms with Gasteiger partial charge in [0, 0.05) is 18.2 Å². The highest BCUT2D eigenvalue weighted by molar-refractivity contribution is 6.32. The number of hydrogen-bond donors (Lipinski definition) is 1. The van der Waals surface area contributed by atoms with Crippen LogP contribution in [0.25, 0.3) is 6.08 Å². The van der Waals surface area contributed by atoms with Gasteiger partial charge in [0.15, 0.2) is 23.8 Å². The molecule has 0 aliphatic carbocycles. The molecule has 0 aromatic heterocycles. The first-order chi connectivity index (χ1) is 15.8. The van der Waals surface area contributed by atoms with Crippen LogP contribution in [0, 0.1) is 0 Å². The molecule has 2 aromatic rings. The molecule has 1 heterocycles. The molecule has 10 heteroatoms. The molecule has 1 N–H and O–H groups in total. The summed E-state index contributed by atoms with van der Waals surface area (Å²) in [4.78, 5) is 39.1. The first kappa shape index (κ1) is 23.8. The Morgan fingerprint density at radius 1 is 1.18 bits per heavy atom. The molecular weight excluding hydrogens is 452 g/mol. The minimum Gasteiger partial charge on any atom is -0.490 e. The number of benzene rings is 2. The van der Waals surface area contributed by atoms with E-state index >= 15 is 0 Å². The van der Waals surface area contributed by atoms with Gasteiger partial charge in [-0.3, -0.25) is 4.79 Å². The van der Waals surface area contributed by atoms with E-state index in [4.69, 9.17) is 25.8 Å². The number of amides is 1. The summed E-state index contributed by atoms with van der Waals surface area (Å²) in [6.45, 7) is 3.18. The molecule has 0 fully saturated rings. The Morgan fingerprint density at radius 3 is 2.55 bits per heavy atom. The number of esters is 2. The van der Waals surface area contributed by atoms with Gasteiger partial charge in [-0.15, -0.1) is 0 Å². The second-order valence-electron chi connectivity index (χ2n) is 6.72. The minimum absolute atomic E-state index is 0.0673. The van der Waals surface area contributed by atoms with Gasteiger partial charge < -0.3 is 24.3 Å². The molecule has 0 unspecified atom stereocenters. The smallest absolute Gasteiger partial charge is 0.363 e. The van der Waals surface area contributed by atoms with Gasteiger partial charge >= 0.3 is 11.9 Å². The van der Waals surface area contributed by atoms with Crippen molar-refractivity contribution in [1.82, 2.24) is 0 Å². The Labute approximate surface area is 194 Å². The highest BCUT2D eigenvalue weighted by atomic mass is 35.5. The number of halogens is 1. The van der Waals surface area contributed by atoms with Crippen LogP contribution in [0.4, 0.5) is 5.69 Å². The number of methoxy groups -OCH3 is 1. The third-order valence-corrected chi connectivity index (χ3v) is 4.55. The number of hydrogen-bond acceptors (Lipinski definition) is 8. The van der Waals surface area contributed by atoms with E-state index in [1.807, 2.05) is 0 Å². The Kier molecular flexibility index (Phi) is 7.68. The van der Waals surface area contributed by atoms with E-state index in [0.29, 0.717) is 29.2 Å². The molecule has 0 saturated heterocycles. The molecule has 0 radical (unpaired) electrons. The summed E-state index contributed by atoms with van der Waals surface area (Å²) in [5, 5.41) is 2.84. The van der Waals surface area contributed by atoms with Crippen molar-refractivity contribution in [2.24, 2.45) is 4.99 Å². The molecular formula is C23H21ClN2O7. The normalized spacial score (nSPS) is 13.9. The molecule has 9 nitrogen and oxygen atoms in total. The van der Waals surface area contributed by atoms with Crippen molar-refractivity contribution in [2.45, 2.75) is 13.8 Å². The molecule has 1 amide bonds. The number of nitrogens with zero attached hydrogens (tertiary/aromatic N) is 1. The molecule has 33 heavy (non-hydrogen) atoms. The highest BCUT2D eigenvalue weighted by Crippen LogP contribution is 2.37. The summed E-state index contributed by atoms with van der Waals surface area (Å²) in [7, 11) is 1.25. The fraction of sp³-hybridized carbons (Fsp3) is 0.217. The van der Waals surface area contributed by atoms with E-state index in [1.165, 1.54) is 20.1 Å². The average Bonchev–Trinajstić information content (AvgIpc) is 3.13. The SMILES string of the molecule is CCOc1cc(/C=C2\N=C(c3ccc(NC(C)=O)cc3)OC2=O)cc(Cl)c1OCC(=O)OC. The number of aliphatic imine (C=N–C) groups is 1. The second kappa shape index (κ2) is 10.6. The maximum Gasteiger partial charge on any atom is 0.363 e. The number of carbonyl (C=O) groups excluding carboxylic acids is 3. The van der Waals surface area contributed by atoms with E-state index in [2.05, 4.69) is 15.0 Å². The van der Waals surface area contributed by atoms with Crippen LogP contribution < -0.4 is 14.8 Å². The Balaban J connectivity index is 1.87. The molecule has 0 saturated carbocycles. The summed E-state index contributed by atoms with van der Waals surface area (Å²) in [5.74, 6) is -0.774. The summed E-state index contributed by atoms with van der Waals surface area (Å²) in [5.41, 5.74) is 1.77. The van der Waals surface area contributed by atoms with Gasteiger partial charge in [0.1, 0.15) is 0 Å². The van der Waals surface area contributed by atoms with Crippen LogP contribution in [0.15, 0.2) is 47.1 Å². The maximum atomic E-state index is 12.3. The topological polar surface area (TPSA) is 113 Å². The van der Waals surface area contributed by atoms with Crippen molar-refractivity contribution in [3.8, 4) is 11.5 Å². The third-order valence-electron chi connectivity index (χ3n) is 4.27. The summed E-state index contributed by atoms with van der Waals surface area (Å²) >= 11 is 6.33. The summed E-state index contributed by atoms with van der Waals surface area (Å²) in [6, 6.07) is 9.87. The van der Waals surface area contributed by atoms with E-state index in [9.17, 15) is 14.4 Å². The van der Waals surface area contributed by atoms with Gasteiger partial charge in [0.25, 0.3) is 0 Å². The quantitative estimate of drug-likeness (QED) is 0.461. The summed E-state index contributed by atoms with van der Waals surface area (Å²) in [6.07, 6.45) is 1.50. The first-order valence-electron chi connectivity index (χ1n) is 9.87. The van der Waals surface area contributed by atoms with Gasteiger partial charge in [-0.25, -0.2) is 14.6 Å². The fourth-order valence-electron chi connectivity index (χ4n) is 2.85. The molecule has 0 atom stereocenters. The predicted octanol–water partition coefficient (Wildman–Crippen LogP) is 3.59. The van der Waals surface area contributed by atoms with Crippen LogP contribution >= 0.6 is 11.6 Å². The third kappa shape index (κ3) is 6.11. The molecule has 0 spiro atoms. The number of cyclic esters (lactones) is 1. The Hall–Kier alpha value is -3.85. The largest absolute Gasteiger partial charge is 0.490 e. The number of rotatable bonds is 8. The molecule has 172 valence electrons. The molecule has 3 rings (SSSR count). The van der Waals surface area contributed by atoms with Gasteiger partial charge in [-0.05, 0) is 55.0 Å². The maximum absolute atomic E-state index is 12.3. The lowest BCUT2D eigenvalue weighted by molar-refractivity contribution is -0.143. The van der Waals surface area contributed by atoms with Crippen molar-refractivity contribution >= 4 is 47.1 Å². The number of carbonyl (C=O) groups is 3. The van der Waals surface area contributed by atoms with Crippen LogP contribution in [0.5, 0.6) is 11.5 Å². The van der Waals surface area contributed by atoms with Crippen molar-refractivity contribution in [1.29, 1.82) is 0 Å². The van der Waals surface area contributed by atoms with Gasteiger partial charge in [0.05, 0.1) is 18.7 Å². The number of nitrogens with one attached hydrogen (secondary N) is 1.